The Morgan fingerprint density at radius 1 is 0.882 bits per heavy atom. The molecule has 34 heavy (non-hydrogen) atoms. The van der Waals surface area contributed by atoms with Gasteiger partial charge >= 0.3 is 5.97 Å². The summed E-state index contributed by atoms with van der Waals surface area (Å²) >= 11 is 14.1. The molecule has 0 saturated carbocycles. The SMILES string of the molecule is C=C(C)C(=O)Oc1c(Br)cc(C(C)(C)c2cc(Br)c(O)c(Br)c2OC(C)C)c(OC(C)C)c1Br. The Morgan fingerprint density at radius 2 is 1.32 bits per heavy atom. The predicted octanol–water partition coefficient (Wildman–Crippen LogP) is 8.82. The van der Waals surface area contributed by atoms with Crippen LogP contribution in [0.1, 0.15) is 59.6 Å². The van der Waals surface area contributed by atoms with Crippen LogP contribution in [0, 0.1) is 0 Å². The number of aromatic hydroxyl groups is 1. The second-order valence-corrected chi connectivity index (χ2v) is 12.2. The Bertz CT molecular complexity index is 1120. The lowest BCUT2D eigenvalue weighted by Crippen LogP contribution is -2.24. The normalized spacial score (nSPS) is 11.7. The summed E-state index contributed by atoms with van der Waals surface area (Å²) < 4.78 is 20.0. The van der Waals surface area contributed by atoms with Gasteiger partial charge in [-0.1, -0.05) is 20.4 Å². The number of carbonyl (C=O) groups is 1. The number of carbonyl (C=O) groups excluding carboxylic acids is 1. The summed E-state index contributed by atoms with van der Waals surface area (Å²) in [4.78, 5) is 12.3. The maximum atomic E-state index is 12.3. The van der Waals surface area contributed by atoms with Gasteiger partial charge in [-0.25, -0.2) is 4.79 Å². The molecule has 0 unspecified atom stereocenters. The number of ether oxygens (including phenoxy) is 3. The summed E-state index contributed by atoms with van der Waals surface area (Å²) in [7, 11) is 0. The van der Waals surface area contributed by atoms with Crippen molar-refractivity contribution in [2.24, 2.45) is 0 Å². The Morgan fingerprint density at radius 3 is 1.76 bits per heavy atom. The van der Waals surface area contributed by atoms with Gasteiger partial charge in [0.05, 0.1) is 21.2 Å². The fourth-order valence-electron chi connectivity index (χ4n) is 3.22. The number of halogens is 4. The maximum absolute atomic E-state index is 12.3. The summed E-state index contributed by atoms with van der Waals surface area (Å²) in [5.74, 6) is 0.876. The summed E-state index contributed by atoms with van der Waals surface area (Å²) in [6.45, 7) is 17.0. The molecule has 0 saturated heterocycles. The van der Waals surface area contributed by atoms with Gasteiger partial charge in [0.15, 0.2) is 5.75 Å². The Labute approximate surface area is 234 Å². The zero-order valence-electron chi connectivity index (χ0n) is 20.1. The largest absolute Gasteiger partial charge is 0.505 e. The van der Waals surface area contributed by atoms with E-state index in [0.29, 0.717) is 35.1 Å². The van der Waals surface area contributed by atoms with Crippen molar-refractivity contribution >= 4 is 69.7 Å². The third-order valence-corrected chi connectivity index (χ3v) is 7.53. The van der Waals surface area contributed by atoms with Gasteiger partial charge in [0.1, 0.15) is 26.2 Å². The van der Waals surface area contributed by atoms with E-state index in [1.807, 2.05) is 53.7 Å². The topological polar surface area (TPSA) is 65.0 Å². The first kappa shape index (κ1) is 29.2. The van der Waals surface area contributed by atoms with Gasteiger partial charge in [0.2, 0.25) is 0 Å². The Kier molecular flexibility index (Phi) is 9.75. The molecular weight excluding hydrogens is 700 g/mol. The highest BCUT2D eigenvalue weighted by molar-refractivity contribution is 9.11. The third-order valence-electron chi connectivity index (χ3n) is 4.88. The van der Waals surface area contributed by atoms with Crippen LogP contribution in [0.15, 0.2) is 42.2 Å². The summed E-state index contributed by atoms with van der Waals surface area (Å²) in [5.41, 5.74) is 1.24. The summed E-state index contributed by atoms with van der Waals surface area (Å²) in [5, 5.41) is 10.5. The number of phenols is 1. The number of phenolic OH excluding ortho intramolecular Hbond substituents is 1. The number of hydrogen-bond acceptors (Lipinski definition) is 5. The van der Waals surface area contributed by atoms with Gasteiger partial charge in [0, 0.05) is 22.1 Å². The number of rotatable bonds is 8. The second-order valence-electron chi connectivity index (χ2n) is 8.90. The quantitative estimate of drug-likeness (QED) is 0.167. The molecule has 0 fully saturated rings. The van der Waals surface area contributed by atoms with Crippen molar-refractivity contribution in [1.29, 1.82) is 0 Å². The van der Waals surface area contributed by atoms with Gasteiger partial charge in [-0.2, -0.15) is 0 Å². The minimum Gasteiger partial charge on any atom is -0.505 e. The standard InChI is InChI=1S/C25H28Br4O5/c1-11(2)24(31)34-23-17(27)10-15(22(19(23)29)33-13(5)6)25(7,8)14-9-16(26)20(30)18(28)21(14)32-12(3)4/h9-10,12-13,30H,1H2,2-8H3. The van der Waals surface area contributed by atoms with Crippen LogP contribution < -0.4 is 14.2 Å². The Balaban J connectivity index is 2.86. The van der Waals surface area contributed by atoms with E-state index in [9.17, 15) is 9.90 Å². The molecule has 2 aromatic carbocycles. The van der Waals surface area contributed by atoms with E-state index in [1.165, 1.54) is 0 Å². The summed E-state index contributed by atoms with van der Waals surface area (Å²) in [6.07, 6.45) is -0.276. The van der Waals surface area contributed by atoms with Crippen molar-refractivity contribution in [2.75, 3.05) is 0 Å². The predicted molar refractivity (Wildman–Crippen MR) is 149 cm³/mol. The van der Waals surface area contributed by atoms with E-state index in [2.05, 4.69) is 70.3 Å². The number of hydrogen-bond donors (Lipinski definition) is 1. The molecule has 2 aromatic rings. The average molecular weight is 728 g/mol. The molecule has 9 heteroatoms. The molecule has 0 aliphatic rings. The van der Waals surface area contributed by atoms with Crippen LogP contribution in [0.4, 0.5) is 0 Å². The molecular formula is C25H28Br4O5. The lowest BCUT2D eigenvalue weighted by atomic mass is 9.77. The first-order valence-electron chi connectivity index (χ1n) is 10.5. The molecule has 0 aromatic heterocycles. The van der Waals surface area contributed by atoms with Crippen molar-refractivity contribution in [2.45, 2.75) is 66.1 Å². The fourth-order valence-corrected chi connectivity index (χ4v) is 5.81. The highest BCUT2D eigenvalue weighted by atomic mass is 79.9. The van der Waals surface area contributed by atoms with E-state index in [0.717, 1.165) is 11.1 Å². The maximum Gasteiger partial charge on any atom is 0.338 e. The van der Waals surface area contributed by atoms with E-state index in [-0.39, 0.29) is 23.5 Å². The molecule has 0 bridgehead atoms. The third kappa shape index (κ3) is 6.20. The van der Waals surface area contributed by atoms with Crippen LogP contribution >= 0.6 is 63.7 Å². The van der Waals surface area contributed by atoms with Gasteiger partial charge in [-0.15, -0.1) is 0 Å². The van der Waals surface area contributed by atoms with Crippen LogP contribution in [0.25, 0.3) is 0 Å². The molecule has 186 valence electrons. The molecule has 0 aliphatic carbocycles. The molecule has 0 radical (unpaired) electrons. The van der Waals surface area contributed by atoms with E-state index < -0.39 is 11.4 Å². The minimum absolute atomic E-state index is 0.0540. The highest BCUT2D eigenvalue weighted by Gasteiger charge is 2.36. The number of esters is 1. The van der Waals surface area contributed by atoms with Crippen molar-refractivity contribution in [3.8, 4) is 23.0 Å². The van der Waals surface area contributed by atoms with Gasteiger partial charge < -0.3 is 19.3 Å². The lowest BCUT2D eigenvalue weighted by Gasteiger charge is -2.33. The molecule has 0 spiro atoms. The lowest BCUT2D eigenvalue weighted by molar-refractivity contribution is -0.130. The molecule has 0 aliphatic heterocycles. The van der Waals surface area contributed by atoms with Crippen molar-refractivity contribution in [3.05, 3.63) is 53.3 Å². The first-order valence-corrected chi connectivity index (χ1v) is 13.7. The van der Waals surface area contributed by atoms with Crippen LogP contribution in [0.2, 0.25) is 0 Å². The molecule has 0 amide bonds. The second kappa shape index (κ2) is 11.4. The van der Waals surface area contributed by atoms with Crippen molar-refractivity contribution in [3.63, 3.8) is 0 Å². The zero-order valence-corrected chi connectivity index (χ0v) is 26.5. The van der Waals surface area contributed by atoms with Crippen LogP contribution in [0.3, 0.4) is 0 Å². The smallest absolute Gasteiger partial charge is 0.338 e. The van der Waals surface area contributed by atoms with Crippen LogP contribution in [0.5, 0.6) is 23.0 Å². The molecule has 0 heterocycles. The molecule has 1 N–H and O–H groups in total. The fraction of sp³-hybridized carbons (Fsp3) is 0.400. The van der Waals surface area contributed by atoms with E-state index >= 15 is 0 Å². The number of benzene rings is 2. The van der Waals surface area contributed by atoms with E-state index in [1.54, 1.807) is 6.92 Å². The van der Waals surface area contributed by atoms with Crippen molar-refractivity contribution in [1.82, 2.24) is 0 Å². The van der Waals surface area contributed by atoms with Gasteiger partial charge in [-0.05, 0) is 110 Å². The molecule has 5 nitrogen and oxygen atoms in total. The van der Waals surface area contributed by atoms with Crippen LogP contribution in [-0.2, 0) is 10.2 Å². The monoisotopic (exact) mass is 724 g/mol. The first-order chi connectivity index (χ1) is 15.6. The highest BCUT2D eigenvalue weighted by Crippen LogP contribution is 2.53. The van der Waals surface area contributed by atoms with Gasteiger partial charge in [-0.3, -0.25) is 0 Å². The Hall–Kier alpha value is -1.03. The average Bonchev–Trinajstić information content (AvgIpc) is 2.72. The zero-order chi connectivity index (χ0) is 26.1. The molecule has 2 rings (SSSR count). The van der Waals surface area contributed by atoms with Gasteiger partial charge in [0.25, 0.3) is 0 Å². The molecule has 0 atom stereocenters. The van der Waals surface area contributed by atoms with E-state index in [4.69, 9.17) is 14.2 Å². The minimum atomic E-state index is -0.672. The van der Waals surface area contributed by atoms with Crippen molar-refractivity contribution < 1.29 is 24.1 Å². The summed E-state index contributed by atoms with van der Waals surface area (Å²) in [6, 6.07) is 3.71. The van der Waals surface area contributed by atoms with Crippen LogP contribution in [-0.4, -0.2) is 23.3 Å².